The lowest BCUT2D eigenvalue weighted by Gasteiger charge is -2.20. The van der Waals surface area contributed by atoms with Crippen LogP contribution in [0.2, 0.25) is 5.02 Å². The van der Waals surface area contributed by atoms with Crippen LogP contribution in [0.1, 0.15) is 36.7 Å². The SMILES string of the molecule is COc1cc(C(=O)OCC(=O)NC(=O)NC(C)(C)C)ccc1OCc1ccccc1Cl. The summed E-state index contributed by atoms with van der Waals surface area (Å²) in [5, 5.41) is 5.24. The molecule has 2 N–H and O–H groups in total. The van der Waals surface area contributed by atoms with E-state index in [0.29, 0.717) is 16.5 Å². The molecule has 0 aliphatic rings. The van der Waals surface area contributed by atoms with Crippen molar-refractivity contribution in [3.63, 3.8) is 0 Å². The molecule has 0 aromatic heterocycles. The van der Waals surface area contributed by atoms with E-state index in [4.69, 9.17) is 25.8 Å². The maximum absolute atomic E-state index is 12.3. The van der Waals surface area contributed by atoms with Crippen molar-refractivity contribution >= 4 is 29.5 Å². The van der Waals surface area contributed by atoms with Crippen LogP contribution >= 0.6 is 11.6 Å². The fourth-order valence-corrected chi connectivity index (χ4v) is 2.62. The summed E-state index contributed by atoms with van der Waals surface area (Å²) in [4.78, 5) is 35.7. The molecular weight excluding hydrogens is 424 g/mol. The van der Waals surface area contributed by atoms with Crippen molar-refractivity contribution in [1.29, 1.82) is 0 Å². The van der Waals surface area contributed by atoms with E-state index in [2.05, 4.69) is 10.6 Å². The molecule has 2 aromatic rings. The summed E-state index contributed by atoms with van der Waals surface area (Å²) in [5.41, 5.74) is 0.456. The molecule has 0 radical (unpaired) electrons. The molecule has 0 saturated carbocycles. The number of halogens is 1. The highest BCUT2D eigenvalue weighted by Gasteiger charge is 2.18. The fraction of sp³-hybridized carbons (Fsp3) is 0.318. The van der Waals surface area contributed by atoms with Gasteiger partial charge in [-0.15, -0.1) is 0 Å². The zero-order valence-electron chi connectivity index (χ0n) is 17.8. The molecule has 0 fully saturated rings. The second-order valence-corrected chi connectivity index (χ2v) is 7.98. The molecule has 0 aliphatic heterocycles. The van der Waals surface area contributed by atoms with E-state index in [9.17, 15) is 14.4 Å². The zero-order valence-corrected chi connectivity index (χ0v) is 18.5. The Morgan fingerprint density at radius 2 is 1.74 bits per heavy atom. The Hall–Kier alpha value is -3.26. The summed E-state index contributed by atoms with van der Waals surface area (Å²) in [6.07, 6.45) is 0. The zero-order chi connectivity index (χ0) is 23.0. The minimum atomic E-state index is -0.748. The number of urea groups is 1. The third kappa shape index (κ3) is 7.82. The minimum absolute atomic E-state index is 0.161. The molecule has 0 bridgehead atoms. The summed E-state index contributed by atoms with van der Waals surface area (Å²) >= 11 is 6.12. The third-order valence-electron chi connectivity index (χ3n) is 3.82. The number of imide groups is 1. The van der Waals surface area contributed by atoms with Crippen molar-refractivity contribution in [3.8, 4) is 11.5 Å². The van der Waals surface area contributed by atoms with Crippen LogP contribution in [0.15, 0.2) is 42.5 Å². The molecule has 2 rings (SSSR count). The van der Waals surface area contributed by atoms with Crippen molar-refractivity contribution in [3.05, 3.63) is 58.6 Å². The highest BCUT2D eigenvalue weighted by Crippen LogP contribution is 2.29. The lowest BCUT2D eigenvalue weighted by atomic mass is 10.1. The number of benzene rings is 2. The summed E-state index contributed by atoms with van der Waals surface area (Å²) in [5.74, 6) is -0.768. The number of nitrogens with one attached hydrogen (secondary N) is 2. The third-order valence-corrected chi connectivity index (χ3v) is 4.18. The van der Waals surface area contributed by atoms with Gasteiger partial charge in [-0.1, -0.05) is 29.8 Å². The summed E-state index contributed by atoms with van der Waals surface area (Å²) < 4.78 is 16.0. The van der Waals surface area contributed by atoms with Gasteiger partial charge in [0.15, 0.2) is 18.1 Å². The Kier molecular flexibility index (Phi) is 8.27. The first-order valence-corrected chi connectivity index (χ1v) is 9.80. The van der Waals surface area contributed by atoms with Gasteiger partial charge in [-0.05, 0) is 45.0 Å². The molecule has 0 aliphatic carbocycles. The number of rotatable bonds is 7. The molecule has 166 valence electrons. The van der Waals surface area contributed by atoms with E-state index in [1.54, 1.807) is 32.9 Å². The second-order valence-electron chi connectivity index (χ2n) is 7.57. The Morgan fingerprint density at radius 3 is 2.39 bits per heavy atom. The molecule has 0 heterocycles. The molecule has 3 amide bonds. The standard InChI is InChI=1S/C22H25ClN2O6/c1-22(2,3)25-21(28)24-19(26)13-31-20(27)14-9-10-17(18(11-14)29-4)30-12-15-7-5-6-8-16(15)23/h5-11H,12-13H2,1-4H3,(H2,24,25,26,28). The van der Waals surface area contributed by atoms with Gasteiger partial charge in [-0.25, -0.2) is 9.59 Å². The maximum Gasteiger partial charge on any atom is 0.338 e. The molecule has 0 saturated heterocycles. The number of methoxy groups -OCH3 is 1. The van der Waals surface area contributed by atoms with Crippen molar-refractivity contribution in [2.75, 3.05) is 13.7 Å². The van der Waals surface area contributed by atoms with Crippen LogP contribution in [-0.4, -0.2) is 37.2 Å². The first-order chi connectivity index (χ1) is 14.6. The lowest BCUT2D eigenvalue weighted by Crippen LogP contribution is -2.49. The van der Waals surface area contributed by atoms with Gasteiger partial charge in [0, 0.05) is 16.1 Å². The number of hydrogen-bond acceptors (Lipinski definition) is 6. The highest BCUT2D eigenvalue weighted by atomic mass is 35.5. The molecular formula is C22H25ClN2O6. The molecule has 2 aromatic carbocycles. The topological polar surface area (TPSA) is 103 Å². The smallest absolute Gasteiger partial charge is 0.338 e. The van der Waals surface area contributed by atoms with Gasteiger partial charge in [-0.2, -0.15) is 0 Å². The van der Waals surface area contributed by atoms with Crippen molar-refractivity contribution in [2.24, 2.45) is 0 Å². The van der Waals surface area contributed by atoms with Crippen LogP contribution in [0.5, 0.6) is 11.5 Å². The monoisotopic (exact) mass is 448 g/mol. The predicted octanol–water partition coefficient (Wildman–Crippen LogP) is 3.71. The van der Waals surface area contributed by atoms with Gasteiger partial charge in [-0.3, -0.25) is 10.1 Å². The van der Waals surface area contributed by atoms with Gasteiger partial charge in [0.1, 0.15) is 6.61 Å². The van der Waals surface area contributed by atoms with Crippen LogP contribution in [0.3, 0.4) is 0 Å². The highest BCUT2D eigenvalue weighted by molar-refractivity contribution is 6.31. The average Bonchev–Trinajstić information content (AvgIpc) is 2.69. The number of amides is 3. The van der Waals surface area contributed by atoms with Crippen LogP contribution in [0, 0.1) is 0 Å². The minimum Gasteiger partial charge on any atom is -0.493 e. The number of carbonyl (C=O) groups excluding carboxylic acids is 3. The van der Waals surface area contributed by atoms with E-state index in [-0.39, 0.29) is 12.2 Å². The normalized spacial score (nSPS) is 10.7. The first-order valence-electron chi connectivity index (χ1n) is 9.42. The van der Waals surface area contributed by atoms with Gasteiger partial charge >= 0.3 is 12.0 Å². The number of ether oxygens (including phenoxy) is 3. The van der Waals surface area contributed by atoms with Crippen LogP contribution in [0.25, 0.3) is 0 Å². The second kappa shape index (κ2) is 10.7. The molecule has 0 spiro atoms. The lowest BCUT2D eigenvalue weighted by molar-refractivity contribution is -0.123. The number of carbonyl (C=O) groups is 3. The van der Waals surface area contributed by atoms with Crippen LogP contribution in [-0.2, 0) is 16.1 Å². The van der Waals surface area contributed by atoms with E-state index in [0.717, 1.165) is 5.56 Å². The average molecular weight is 449 g/mol. The van der Waals surface area contributed by atoms with E-state index in [1.165, 1.54) is 19.2 Å². The van der Waals surface area contributed by atoms with Gasteiger partial charge in [0.25, 0.3) is 5.91 Å². The molecule has 31 heavy (non-hydrogen) atoms. The number of hydrogen-bond donors (Lipinski definition) is 2. The van der Waals surface area contributed by atoms with Crippen LogP contribution in [0.4, 0.5) is 4.79 Å². The Labute approximate surface area is 185 Å². The maximum atomic E-state index is 12.3. The summed E-state index contributed by atoms with van der Waals surface area (Å²) in [6, 6.07) is 11.1. The van der Waals surface area contributed by atoms with Crippen molar-refractivity contribution in [1.82, 2.24) is 10.6 Å². The summed E-state index contributed by atoms with van der Waals surface area (Å²) in [6.45, 7) is 4.92. The molecule has 8 nitrogen and oxygen atoms in total. The van der Waals surface area contributed by atoms with Crippen molar-refractivity contribution in [2.45, 2.75) is 32.9 Å². The van der Waals surface area contributed by atoms with Gasteiger partial charge in [0.05, 0.1) is 12.7 Å². The molecule has 0 unspecified atom stereocenters. The summed E-state index contributed by atoms with van der Waals surface area (Å²) in [7, 11) is 1.44. The number of esters is 1. The Balaban J connectivity index is 1.94. The van der Waals surface area contributed by atoms with Crippen molar-refractivity contribution < 1.29 is 28.6 Å². The Bertz CT molecular complexity index is 955. The fourth-order valence-electron chi connectivity index (χ4n) is 2.43. The molecule has 0 atom stereocenters. The first kappa shape index (κ1) is 24.0. The quantitative estimate of drug-likeness (QED) is 0.626. The van der Waals surface area contributed by atoms with Gasteiger partial charge in [0.2, 0.25) is 0 Å². The van der Waals surface area contributed by atoms with Gasteiger partial charge < -0.3 is 19.5 Å². The van der Waals surface area contributed by atoms with E-state index >= 15 is 0 Å². The van der Waals surface area contributed by atoms with E-state index < -0.39 is 30.1 Å². The Morgan fingerprint density at radius 1 is 1.03 bits per heavy atom. The van der Waals surface area contributed by atoms with Crippen LogP contribution < -0.4 is 20.1 Å². The van der Waals surface area contributed by atoms with E-state index in [1.807, 2.05) is 18.2 Å². The predicted molar refractivity (Wildman–Crippen MR) is 115 cm³/mol. The molecule has 9 heteroatoms. The largest absolute Gasteiger partial charge is 0.493 e.